The molecule has 3 N–H and O–H groups in total. The van der Waals surface area contributed by atoms with Crippen molar-refractivity contribution in [1.29, 1.82) is 0 Å². The van der Waals surface area contributed by atoms with Gasteiger partial charge in [0.2, 0.25) is 0 Å². The van der Waals surface area contributed by atoms with Crippen LogP contribution in [0.1, 0.15) is 49.7 Å². The molecule has 0 spiro atoms. The molecule has 1 aromatic carbocycles. The minimum atomic E-state index is -0.137. The van der Waals surface area contributed by atoms with Gasteiger partial charge in [0.25, 0.3) is 0 Å². The van der Waals surface area contributed by atoms with E-state index in [2.05, 4.69) is 27.7 Å². The zero-order valence-electron chi connectivity index (χ0n) is 15.6. The van der Waals surface area contributed by atoms with E-state index in [4.69, 9.17) is 0 Å². The molecule has 2 rings (SSSR count). The van der Waals surface area contributed by atoms with Crippen LogP contribution in [0.15, 0.2) is 24.3 Å². The van der Waals surface area contributed by atoms with Gasteiger partial charge in [-0.2, -0.15) is 0 Å². The molecule has 5 heteroatoms. The molecule has 1 atom stereocenters. The number of amides is 2. The molecule has 1 unspecified atom stereocenters. The van der Waals surface area contributed by atoms with E-state index in [0.717, 1.165) is 24.9 Å². The van der Waals surface area contributed by atoms with E-state index in [0.29, 0.717) is 18.9 Å². The average molecular weight is 348 g/mol. The van der Waals surface area contributed by atoms with Crippen molar-refractivity contribution in [3.05, 3.63) is 35.4 Å². The summed E-state index contributed by atoms with van der Waals surface area (Å²) in [6.45, 7) is 1.53. The number of aliphatic hydroxyl groups is 1. The van der Waals surface area contributed by atoms with Crippen LogP contribution in [0, 0.1) is 5.92 Å². The summed E-state index contributed by atoms with van der Waals surface area (Å²) >= 11 is 0. The van der Waals surface area contributed by atoms with Crippen molar-refractivity contribution in [3.63, 3.8) is 0 Å². The van der Waals surface area contributed by atoms with E-state index in [9.17, 15) is 9.90 Å². The third-order valence-corrected chi connectivity index (χ3v) is 4.92. The van der Waals surface area contributed by atoms with E-state index in [1.807, 2.05) is 26.2 Å². The molecule has 0 aromatic heterocycles. The second-order valence-electron chi connectivity index (χ2n) is 7.40. The second-order valence-corrected chi connectivity index (χ2v) is 7.40. The molecule has 0 saturated heterocycles. The molecule has 5 nitrogen and oxygen atoms in total. The largest absolute Gasteiger partial charge is 0.396 e. The molecule has 1 aromatic rings. The normalized spacial score (nSPS) is 16.6. The Labute approximate surface area is 151 Å². The van der Waals surface area contributed by atoms with Crippen LogP contribution in [-0.4, -0.2) is 42.8 Å². The zero-order valence-corrected chi connectivity index (χ0v) is 15.6. The van der Waals surface area contributed by atoms with E-state index >= 15 is 0 Å². The molecule has 140 valence electrons. The third-order valence-electron chi connectivity index (χ3n) is 4.92. The van der Waals surface area contributed by atoms with Gasteiger partial charge in [-0.25, -0.2) is 4.79 Å². The Morgan fingerprint density at radius 1 is 1.24 bits per heavy atom. The highest BCUT2D eigenvalue weighted by molar-refractivity contribution is 5.74. The number of nitrogens with zero attached hydrogens (tertiary/aromatic N) is 1. The number of benzene rings is 1. The summed E-state index contributed by atoms with van der Waals surface area (Å²) in [7, 11) is 4.09. The van der Waals surface area contributed by atoms with Crippen molar-refractivity contribution in [2.75, 3.05) is 20.7 Å². The minimum Gasteiger partial charge on any atom is -0.396 e. The number of hydrogen-bond acceptors (Lipinski definition) is 3. The van der Waals surface area contributed by atoms with E-state index < -0.39 is 0 Å². The van der Waals surface area contributed by atoms with Gasteiger partial charge in [0, 0.05) is 25.7 Å². The number of urea groups is 1. The van der Waals surface area contributed by atoms with Crippen molar-refractivity contribution in [2.45, 2.75) is 57.7 Å². The first-order chi connectivity index (χ1) is 12.1. The zero-order chi connectivity index (χ0) is 18.1. The fraction of sp³-hybridized carbons (Fsp3) is 0.650. The minimum absolute atomic E-state index is 0.0744. The Hall–Kier alpha value is -1.59. The fourth-order valence-electron chi connectivity index (χ4n) is 3.71. The van der Waals surface area contributed by atoms with Crippen molar-refractivity contribution < 1.29 is 9.90 Å². The molecule has 1 aliphatic carbocycles. The van der Waals surface area contributed by atoms with Gasteiger partial charge in [-0.1, -0.05) is 43.5 Å². The lowest BCUT2D eigenvalue weighted by molar-refractivity contribution is 0.196. The maximum atomic E-state index is 12.3. The molecule has 2 amide bonds. The van der Waals surface area contributed by atoms with Gasteiger partial charge in [0.1, 0.15) is 0 Å². The predicted octanol–water partition coefficient (Wildman–Crippen LogP) is 2.88. The van der Waals surface area contributed by atoms with Gasteiger partial charge in [-0.3, -0.25) is 0 Å². The molecule has 0 bridgehead atoms. The third kappa shape index (κ3) is 7.04. The van der Waals surface area contributed by atoms with Gasteiger partial charge in [-0.05, 0) is 50.4 Å². The van der Waals surface area contributed by atoms with Crippen LogP contribution in [0.4, 0.5) is 4.79 Å². The number of hydrogen-bond donors (Lipinski definition) is 3. The van der Waals surface area contributed by atoms with Crippen LogP contribution >= 0.6 is 0 Å². The maximum absolute atomic E-state index is 12.3. The standard InChI is InChI=1S/C20H33N3O2/c1-23(2)15-17-8-6-7-16(13-17)14-21-20(25)22-19(11-12-24)18-9-4-3-5-10-18/h6-8,13,18-19,24H,3-5,9-12,14-15H2,1-2H3,(H2,21,22,25). The van der Waals surface area contributed by atoms with Crippen molar-refractivity contribution in [1.82, 2.24) is 15.5 Å². The van der Waals surface area contributed by atoms with Gasteiger partial charge in [0.15, 0.2) is 0 Å². The summed E-state index contributed by atoms with van der Waals surface area (Å²) in [5.74, 6) is 0.495. The van der Waals surface area contributed by atoms with Crippen LogP contribution < -0.4 is 10.6 Å². The Morgan fingerprint density at radius 3 is 2.64 bits per heavy atom. The number of rotatable bonds is 8. The Morgan fingerprint density at radius 2 is 1.96 bits per heavy atom. The number of nitrogens with one attached hydrogen (secondary N) is 2. The lowest BCUT2D eigenvalue weighted by atomic mass is 9.83. The Kier molecular flexibility index (Phi) is 8.22. The Balaban J connectivity index is 1.83. The first-order valence-electron chi connectivity index (χ1n) is 9.46. The summed E-state index contributed by atoms with van der Waals surface area (Å²) in [6.07, 6.45) is 6.69. The molecule has 0 heterocycles. The molecule has 0 radical (unpaired) electrons. The van der Waals surface area contributed by atoms with Gasteiger partial charge >= 0.3 is 6.03 Å². The highest BCUT2D eigenvalue weighted by Gasteiger charge is 2.24. The van der Waals surface area contributed by atoms with Gasteiger partial charge in [-0.15, -0.1) is 0 Å². The predicted molar refractivity (Wildman–Crippen MR) is 101 cm³/mol. The molecule has 0 aliphatic heterocycles. The van der Waals surface area contributed by atoms with Crippen LogP contribution in [0.25, 0.3) is 0 Å². The molecular formula is C20H33N3O2. The topological polar surface area (TPSA) is 64.6 Å². The smallest absolute Gasteiger partial charge is 0.315 e. The summed E-state index contributed by atoms with van der Waals surface area (Å²) in [6, 6.07) is 8.24. The molecule has 1 aliphatic rings. The first-order valence-corrected chi connectivity index (χ1v) is 9.46. The van der Waals surface area contributed by atoms with E-state index in [-0.39, 0.29) is 18.7 Å². The van der Waals surface area contributed by atoms with Crippen LogP contribution in [0.2, 0.25) is 0 Å². The SMILES string of the molecule is CN(C)Cc1cccc(CNC(=O)NC(CCO)C2CCCCC2)c1. The van der Waals surface area contributed by atoms with Gasteiger partial charge < -0.3 is 20.6 Å². The van der Waals surface area contributed by atoms with Crippen LogP contribution in [0.5, 0.6) is 0 Å². The Bertz CT molecular complexity index is 527. The highest BCUT2D eigenvalue weighted by atomic mass is 16.3. The lowest BCUT2D eigenvalue weighted by Gasteiger charge is -2.30. The maximum Gasteiger partial charge on any atom is 0.315 e. The van der Waals surface area contributed by atoms with Gasteiger partial charge in [0.05, 0.1) is 0 Å². The van der Waals surface area contributed by atoms with E-state index in [1.54, 1.807) is 0 Å². The summed E-state index contributed by atoms with van der Waals surface area (Å²) in [5, 5.41) is 15.4. The summed E-state index contributed by atoms with van der Waals surface area (Å²) in [5.41, 5.74) is 2.34. The summed E-state index contributed by atoms with van der Waals surface area (Å²) in [4.78, 5) is 14.4. The fourth-order valence-corrected chi connectivity index (χ4v) is 3.71. The van der Waals surface area contributed by atoms with Crippen molar-refractivity contribution in [3.8, 4) is 0 Å². The average Bonchev–Trinajstić information content (AvgIpc) is 2.60. The first kappa shape index (κ1) is 19.7. The summed E-state index contributed by atoms with van der Waals surface area (Å²) < 4.78 is 0. The van der Waals surface area contributed by atoms with Crippen molar-refractivity contribution >= 4 is 6.03 Å². The van der Waals surface area contributed by atoms with E-state index in [1.165, 1.54) is 24.8 Å². The van der Waals surface area contributed by atoms with Crippen LogP contribution in [0.3, 0.4) is 0 Å². The number of carbonyl (C=O) groups is 1. The highest BCUT2D eigenvalue weighted by Crippen LogP contribution is 2.27. The lowest BCUT2D eigenvalue weighted by Crippen LogP contribution is -2.46. The molecule has 1 fully saturated rings. The molecule has 25 heavy (non-hydrogen) atoms. The molecular weight excluding hydrogens is 314 g/mol. The monoisotopic (exact) mass is 347 g/mol. The van der Waals surface area contributed by atoms with Crippen molar-refractivity contribution in [2.24, 2.45) is 5.92 Å². The molecule has 1 saturated carbocycles. The van der Waals surface area contributed by atoms with Crippen LogP contribution in [-0.2, 0) is 13.1 Å². The number of carbonyl (C=O) groups excluding carboxylic acids is 1. The quantitative estimate of drug-likeness (QED) is 0.677. The number of aliphatic hydroxyl groups excluding tert-OH is 1. The second kappa shape index (κ2) is 10.4.